The second kappa shape index (κ2) is 7.07. The van der Waals surface area contributed by atoms with Crippen LogP contribution < -0.4 is 5.73 Å². The van der Waals surface area contributed by atoms with Crippen LogP contribution in [0.1, 0.15) is 23.1 Å². The van der Waals surface area contributed by atoms with Crippen molar-refractivity contribution in [3.63, 3.8) is 0 Å². The first-order valence-corrected chi connectivity index (χ1v) is 7.77. The van der Waals surface area contributed by atoms with E-state index in [4.69, 9.17) is 28.9 Å². The van der Waals surface area contributed by atoms with Gasteiger partial charge in [-0.1, -0.05) is 51.3 Å². The molecule has 2 nitrogen and oxygen atoms in total. The first-order chi connectivity index (χ1) is 9.95. The Morgan fingerprint density at radius 1 is 1.14 bits per heavy atom. The average molecular weight is 393 g/mol. The zero-order chi connectivity index (χ0) is 15.6. The molecule has 0 aliphatic rings. The molecule has 2 rings (SSSR count). The molecule has 2 atom stereocenters. The highest BCUT2D eigenvalue weighted by molar-refractivity contribution is 9.10. The van der Waals surface area contributed by atoms with Crippen LogP contribution in [0.15, 0.2) is 40.9 Å². The Labute approximate surface area is 140 Å². The minimum absolute atomic E-state index is 0.00140. The number of hydrogen-bond donors (Lipinski definition) is 2. The molecule has 0 amide bonds. The molecule has 3 N–H and O–H groups in total. The van der Waals surface area contributed by atoms with Crippen molar-refractivity contribution in [2.45, 2.75) is 12.0 Å². The van der Waals surface area contributed by atoms with Crippen molar-refractivity contribution in [1.82, 2.24) is 0 Å². The van der Waals surface area contributed by atoms with Gasteiger partial charge >= 0.3 is 0 Å². The van der Waals surface area contributed by atoms with E-state index in [1.54, 1.807) is 30.3 Å². The monoisotopic (exact) mass is 391 g/mol. The molecule has 2 unspecified atom stereocenters. The lowest BCUT2D eigenvalue weighted by molar-refractivity contribution is 0.146. The number of rotatable bonds is 4. The van der Waals surface area contributed by atoms with Crippen LogP contribution in [-0.4, -0.2) is 11.7 Å². The van der Waals surface area contributed by atoms with Gasteiger partial charge in [-0.05, 0) is 29.8 Å². The van der Waals surface area contributed by atoms with Crippen molar-refractivity contribution in [2.75, 3.05) is 6.54 Å². The molecule has 112 valence electrons. The number of aliphatic hydroxyl groups excluding tert-OH is 1. The normalized spacial score (nSPS) is 14.0. The summed E-state index contributed by atoms with van der Waals surface area (Å²) in [5.41, 5.74) is 6.48. The standard InChI is InChI=1S/C15H13BrCl2FNO/c16-8-4-5-12(17)10(6-8)15(21)11(7-20)9-2-1-3-13(18)14(9)19/h1-6,11,15,21H,7,20H2. The molecule has 21 heavy (non-hydrogen) atoms. The van der Waals surface area contributed by atoms with Crippen LogP contribution in [0.2, 0.25) is 10.0 Å². The van der Waals surface area contributed by atoms with E-state index in [0.717, 1.165) is 4.47 Å². The lowest BCUT2D eigenvalue weighted by Crippen LogP contribution is -2.21. The van der Waals surface area contributed by atoms with E-state index in [9.17, 15) is 9.50 Å². The quantitative estimate of drug-likeness (QED) is 0.793. The molecule has 0 aliphatic heterocycles. The van der Waals surface area contributed by atoms with Crippen molar-refractivity contribution in [2.24, 2.45) is 5.73 Å². The van der Waals surface area contributed by atoms with E-state index in [1.165, 1.54) is 6.07 Å². The molecule has 0 saturated heterocycles. The Balaban J connectivity index is 2.45. The largest absolute Gasteiger partial charge is 0.388 e. The summed E-state index contributed by atoms with van der Waals surface area (Å²) >= 11 is 15.2. The average Bonchev–Trinajstić information content (AvgIpc) is 2.46. The van der Waals surface area contributed by atoms with Crippen molar-refractivity contribution < 1.29 is 9.50 Å². The zero-order valence-corrected chi connectivity index (χ0v) is 14.0. The SMILES string of the molecule is NCC(c1cccc(Cl)c1F)C(O)c1cc(Br)ccc1Cl. The molecular weight excluding hydrogens is 380 g/mol. The number of benzene rings is 2. The molecule has 0 heterocycles. The van der Waals surface area contributed by atoms with Crippen LogP contribution in [0.25, 0.3) is 0 Å². The molecule has 6 heteroatoms. The van der Waals surface area contributed by atoms with E-state index < -0.39 is 17.8 Å². The summed E-state index contributed by atoms with van der Waals surface area (Å²) in [6.45, 7) is 0.0568. The summed E-state index contributed by atoms with van der Waals surface area (Å²) in [7, 11) is 0. The predicted molar refractivity (Wildman–Crippen MR) is 87.3 cm³/mol. The molecule has 0 aliphatic carbocycles. The highest BCUT2D eigenvalue weighted by Crippen LogP contribution is 2.37. The van der Waals surface area contributed by atoms with E-state index in [2.05, 4.69) is 15.9 Å². The number of aliphatic hydroxyl groups is 1. The van der Waals surface area contributed by atoms with Crippen molar-refractivity contribution in [1.29, 1.82) is 0 Å². The van der Waals surface area contributed by atoms with Gasteiger partial charge < -0.3 is 10.8 Å². The molecule has 0 bridgehead atoms. The van der Waals surface area contributed by atoms with Gasteiger partial charge in [-0.15, -0.1) is 0 Å². The van der Waals surface area contributed by atoms with E-state index >= 15 is 0 Å². The summed E-state index contributed by atoms with van der Waals surface area (Å²) in [6.07, 6.45) is -1.03. The maximum atomic E-state index is 14.2. The molecule has 2 aromatic rings. The summed E-state index contributed by atoms with van der Waals surface area (Å²) < 4.78 is 14.9. The van der Waals surface area contributed by atoms with Gasteiger partial charge in [0, 0.05) is 27.5 Å². The van der Waals surface area contributed by atoms with Gasteiger partial charge in [0.25, 0.3) is 0 Å². The predicted octanol–water partition coefficient (Wildman–Crippen LogP) is 4.67. The molecule has 0 fully saturated rings. The number of hydrogen-bond acceptors (Lipinski definition) is 2. The van der Waals surface area contributed by atoms with Crippen molar-refractivity contribution in [3.8, 4) is 0 Å². The van der Waals surface area contributed by atoms with Crippen LogP contribution in [0.5, 0.6) is 0 Å². The second-order valence-electron chi connectivity index (χ2n) is 4.60. The Morgan fingerprint density at radius 3 is 2.52 bits per heavy atom. The summed E-state index contributed by atoms with van der Waals surface area (Å²) in [5, 5.41) is 11.0. The third-order valence-corrected chi connectivity index (χ3v) is 4.42. The van der Waals surface area contributed by atoms with Crippen molar-refractivity contribution in [3.05, 3.63) is 67.9 Å². The van der Waals surface area contributed by atoms with Gasteiger partial charge in [-0.25, -0.2) is 4.39 Å². The fourth-order valence-electron chi connectivity index (χ4n) is 2.19. The fourth-order valence-corrected chi connectivity index (χ4v) is 2.98. The Kier molecular flexibility index (Phi) is 5.63. The third kappa shape index (κ3) is 3.58. The highest BCUT2D eigenvalue weighted by Gasteiger charge is 2.26. The summed E-state index contributed by atoms with van der Waals surface area (Å²) in [6, 6.07) is 9.75. The molecule has 0 spiro atoms. The highest BCUT2D eigenvalue weighted by atomic mass is 79.9. The zero-order valence-electron chi connectivity index (χ0n) is 10.9. The maximum Gasteiger partial charge on any atom is 0.145 e. The fraction of sp³-hybridized carbons (Fsp3) is 0.200. The van der Waals surface area contributed by atoms with E-state index in [-0.39, 0.29) is 17.1 Å². The first-order valence-electron chi connectivity index (χ1n) is 6.22. The number of halogens is 4. The molecule has 0 aromatic heterocycles. The van der Waals surface area contributed by atoms with Gasteiger partial charge in [0.15, 0.2) is 0 Å². The van der Waals surface area contributed by atoms with Crippen molar-refractivity contribution >= 4 is 39.1 Å². The molecule has 2 aromatic carbocycles. The van der Waals surface area contributed by atoms with Crippen LogP contribution in [-0.2, 0) is 0 Å². The van der Waals surface area contributed by atoms with Gasteiger partial charge in [-0.2, -0.15) is 0 Å². The minimum Gasteiger partial charge on any atom is -0.388 e. The van der Waals surface area contributed by atoms with E-state index in [1.807, 2.05) is 0 Å². The van der Waals surface area contributed by atoms with Gasteiger partial charge in [-0.3, -0.25) is 0 Å². The number of nitrogens with two attached hydrogens (primary N) is 1. The lowest BCUT2D eigenvalue weighted by atomic mass is 9.89. The van der Waals surface area contributed by atoms with E-state index in [0.29, 0.717) is 10.6 Å². The lowest BCUT2D eigenvalue weighted by Gasteiger charge is -2.24. The van der Waals surface area contributed by atoms with Crippen LogP contribution in [0, 0.1) is 5.82 Å². The maximum absolute atomic E-state index is 14.2. The Hall–Kier alpha value is -0.650. The van der Waals surface area contributed by atoms with Gasteiger partial charge in [0.1, 0.15) is 5.82 Å². The molecular formula is C15H13BrCl2FNO. The van der Waals surface area contributed by atoms with Gasteiger partial charge in [0.2, 0.25) is 0 Å². The van der Waals surface area contributed by atoms with Crippen LogP contribution in [0.4, 0.5) is 4.39 Å². The summed E-state index contributed by atoms with van der Waals surface area (Å²) in [4.78, 5) is 0. The smallest absolute Gasteiger partial charge is 0.145 e. The Morgan fingerprint density at radius 2 is 1.86 bits per heavy atom. The third-order valence-electron chi connectivity index (χ3n) is 3.29. The molecule has 0 saturated carbocycles. The van der Waals surface area contributed by atoms with Crippen LogP contribution in [0.3, 0.4) is 0 Å². The topological polar surface area (TPSA) is 46.2 Å². The second-order valence-corrected chi connectivity index (χ2v) is 6.33. The van der Waals surface area contributed by atoms with Gasteiger partial charge in [0.05, 0.1) is 11.1 Å². The minimum atomic E-state index is -1.03. The van der Waals surface area contributed by atoms with Crippen LogP contribution >= 0.6 is 39.1 Å². The molecule has 0 radical (unpaired) electrons. The summed E-state index contributed by atoms with van der Waals surface area (Å²) in [5.74, 6) is -1.21. The Bertz CT molecular complexity index is 654. The first kappa shape index (κ1) is 16.7.